The minimum Gasteiger partial charge on any atom is -0.501 e. The van der Waals surface area contributed by atoms with E-state index in [4.69, 9.17) is 4.74 Å². The highest BCUT2D eigenvalue weighted by Gasteiger charge is 2.24. The van der Waals surface area contributed by atoms with E-state index in [9.17, 15) is 4.79 Å². The van der Waals surface area contributed by atoms with Crippen molar-refractivity contribution in [2.75, 3.05) is 19.7 Å². The summed E-state index contributed by atoms with van der Waals surface area (Å²) >= 11 is 0. The zero-order chi connectivity index (χ0) is 9.80. The van der Waals surface area contributed by atoms with Gasteiger partial charge >= 0.3 is 0 Å². The molecule has 1 saturated heterocycles. The Morgan fingerprint density at radius 3 is 2.86 bits per heavy atom. The molecule has 2 heterocycles. The minimum atomic E-state index is 0.240. The summed E-state index contributed by atoms with van der Waals surface area (Å²) in [5.41, 5.74) is 0.906. The van der Waals surface area contributed by atoms with Crippen molar-refractivity contribution in [2.24, 2.45) is 5.92 Å². The van der Waals surface area contributed by atoms with Gasteiger partial charge in [-0.2, -0.15) is 0 Å². The number of ether oxygens (including phenoxy) is 1. The van der Waals surface area contributed by atoms with E-state index in [1.165, 1.54) is 0 Å². The fourth-order valence-corrected chi connectivity index (χ4v) is 2.09. The molecule has 2 aliphatic heterocycles. The van der Waals surface area contributed by atoms with Gasteiger partial charge in [-0.1, -0.05) is 0 Å². The van der Waals surface area contributed by atoms with Gasteiger partial charge in [-0.25, -0.2) is 0 Å². The van der Waals surface area contributed by atoms with Gasteiger partial charge in [0.05, 0.1) is 12.9 Å². The Balaban J connectivity index is 1.95. The summed E-state index contributed by atoms with van der Waals surface area (Å²) in [6.07, 6.45) is 5.53. The molecular weight excluding hydrogens is 178 g/mol. The maximum absolute atomic E-state index is 12.0. The van der Waals surface area contributed by atoms with Crippen molar-refractivity contribution in [2.45, 2.75) is 25.7 Å². The van der Waals surface area contributed by atoms with Crippen molar-refractivity contribution in [1.82, 2.24) is 5.32 Å². The molecule has 0 radical (unpaired) electrons. The third-order valence-electron chi connectivity index (χ3n) is 2.96. The number of Topliss-reactive ketones (excluding diaryl/α,β-unsaturated/α-hetero) is 1. The predicted octanol–water partition coefficient (Wildman–Crippen LogP) is 1.25. The SMILES string of the molecule is O=C(C1=COCCC1)C1CCNCC1. The summed E-state index contributed by atoms with van der Waals surface area (Å²) in [5.74, 6) is 0.565. The molecule has 3 nitrogen and oxygen atoms in total. The first-order chi connectivity index (χ1) is 6.88. The molecular formula is C11H17NO2. The van der Waals surface area contributed by atoms with Crippen LogP contribution in [-0.4, -0.2) is 25.5 Å². The largest absolute Gasteiger partial charge is 0.501 e. The highest BCUT2D eigenvalue weighted by Crippen LogP contribution is 2.22. The summed E-state index contributed by atoms with van der Waals surface area (Å²) in [4.78, 5) is 12.0. The van der Waals surface area contributed by atoms with Crippen LogP contribution in [0.15, 0.2) is 11.8 Å². The van der Waals surface area contributed by atoms with Gasteiger partial charge in [0, 0.05) is 11.5 Å². The molecule has 1 fully saturated rings. The summed E-state index contributed by atoms with van der Waals surface area (Å²) in [6, 6.07) is 0. The second-order valence-corrected chi connectivity index (χ2v) is 4.01. The van der Waals surface area contributed by atoms with Gasteiger partial charge in [0.25, 0.3) is 0 Å². The predicted molar refractivity (Wildman–Crippen MR) is 53.9 cm³/mol. The Bertz CT molecular complexity index is 242. The molecule has 78 valence electrons. The van der Waals surface area contributed by atoms with Crippen LogP contribution in [0.2, 0.25) is 0 Å². The molecule has 0 bridgehead atoms. The van der Waals surface area contributed by atoms with Crippen molar-refractivity contribution in [3.05, 3.63) is 11.8 Å². The molecule has 2 rings (SSSR count). The third-order valence-corrected chi connectivity index (χ3v) is 2.96. The van der Waals surface area contributed by atoms with Crippen LogP contribution in [0.5, 0.6) is 0 Å². The second kappa shape index (κ2) is 4.60. The lowest BCUT2D eigenvalue weighted by Crippen LogP contribution is -2.32. The van der Waals surface area contributed by atoms with Crippen molar-refractivity contribution in [3.8, 4) is 0 Å². The number of nitrogens with one attached hydrogen (secondary N) is 1. The monoisotopic (exact) mass is 195 g/mol. The molecule has 0 aromatic carbocycles. The molecule has 0 aromatic heterocycles. The molecule has 0 aromatic rings. The maximum atomic E-state index is 12.0. The van der Waals surface area contributed by atoms with Gasteiger partial charge in [0.2, 0.25) is 0 Å². The van der Waals surface area contributed by atoms with Gasteiger partial charge < -0.3 is 10.1 Å². The first-order valence-electron chi connectivity index (χ1n) is 5.43. The maximum Gasteiger partial charge on any atom is 0.165 e. The summed E-state index contributed by atoms with van der Waals surface area (Å²) < 4.78 is 5.20. The van der Waals surface area contributed by atoms with Crippen molar-refractivity contribution in [1.29, 1.82) is 0 Å². The summed E-state index contributed by atoms with van der Waals surface area (Å²) in [5, 5.41) is 3.27. The van der Waals surface area contributed by atoms with Gasteiger partial charge in [0.15, 0.2) is 5.78 Å². The van der Waals surface area contributed by atoms with Crippen molar-refractivity contribution < 1.29 is 9.53 Å². The molecule has 1 N–H and O–H groups in total. The van der Waals surface area contributed by atoms with Crippen molar-refractivity contribution in [3.63, 3.8) is 0 Å². The van der Waals surface area contributed by atoms with Crippen LogP contribution in [-0.2, 0) is 9.53 Å². The van der Waals surface area contributed by atoms with E-state index in [0.717, 1.165) is 51.0 Å². The summed E-state index contributed by atoms with van der Waals surface area (Å²) in [6.45, 7) is 2.72. The van der Waals surface area contributed by atoms with E-state index in [0.29, 0.717) is 5.78 Å². The quantitative estimate of drug-likeness (QED) is 0.720. The highest BCUT2D eigenvalue weighted by atomic mass is 16.5. The van der Waals surface area contributed by atoms with E-state index in [-0.39, 0.29) is 5.92 Å². The lowest BCUT2D eigenvalue weighted by molar-refractivity contribution is -0.120. The van der Waals surface area contributed by atoms with Gasteiger partial charge in [-0.05, 0) is 38.8 Å². The average Bonchev–Trinajstić information content (AvgIpc) is 2.30. The molecule has 3 heteroatoms. The second-order valence-electron chi connectivity index (χ2n) is 4.01. The average molecular weight is 195 g/mol. The number of carbonyl (C=O) groups is 1. The number of carbonyl (C=O) groups excluding carboxylic acids is 1. The van der Waals surface area contributed by atoms with Crippen LogP contribution >= 0.6 is 0 Å². The smallest absolute Gasteiger partial charge is 0.165 e. The Hall–Kier alpha value is -0.830. The number of ketones is 1. The van der Waals surface area contributed by atoms with Crippen LogP contribution < -0.4 is 5.32 Å². The van der Waals surface area contributed by atoms with Gasteiger partial charge in [-0.15, -0.1) is 0 Å². The Morgan fingerprint density at radius 2 is 2.21 bits per heavy atom. The fourth-order valence-electron chi connectivity index (χ4n) is 2.09. The number of rotatable bonds is 2. The zero-order valence-corrected chi connectivity index (χ0v) is 8.42. The van der Waals surface area contributed by atoms with Crippen LogP contribution in [0, 0.1) is 5.92 Å². The zero-order valence-electron chi connectivity index (χ0n) is 8.42. The topological polar surface area (TPSA) is 38.3 Å². The Morgan fingerprint density at radius 1 is 1.43 bits per heavy atom. The number of piperidine rings is 1. The number of hydrogen-bond acceptors (Lipinski definition) is 3. The molecule has 14 heavy (non-hydrogen) atoms. The number of allylic oxidation sites excluding steroid dienone is 1. The van der Waals surface area contributed by atoms with Crippen LogP contribution in [0.1, 0.15) is 25.7 Å². The highest BCUT2D eigenvalue weighted by molar-refractivity contribution is 5.97. The van der Waals surface area contributed by atoms with Crippen LogP contribution in [0.25, 0.3) is 0 Å². The van der Waals surface area contributed by atoms with Crippen LogP contribution in [0.4, 0.5) is 0 Å². The van der Waals surface area contributed by atoms with E-state index in [1.54, 1.807) is 6.26 Å². The number of hydrogen-bond donors (Lipinski definition) is 1. The fraction of sp³-hybridized carbons (Fsp3) is 0.727. The third kappa shape index (κ3) is 2.15. The first-order valence-corrected chi connectivity index (χ1v) is 5.43. The van der Waals surface area contributed by atoms with E-state index < -0.39 is 0 Å². The molecule has 0 aliphatic carbocycles. The Kier molecular flexibility index (Phi) is 3.19. The van der Waals surface area contributed by atoms with Crippen molar-refractivity contribution >= 4 is 5.78 Å². The molecule has 0 amide bonds. The van der Waals surface area contributed by atoms with Gasteiger partial charge in [-0.3, -0.25) is 4.79 Å². The molecule has 0 unspecified atom stereocenters. The molecule has 2 aliphatic rings. The van der Waals surface area contributed by atoms with E-state index in [1.807, 2.05) is 0 Å². The molecule has 0 atom stereocenters. The lowest BCUT2D eigenvalue weighted by atomic mass is 9.88. The normalized spacial score (nSPS) is 23.9. The standard InChI is InChI=1S/C11H17NO2/c13-11(9-3-5-12-6-4-9)10-2-1-7-14-8-10/h8-9,12H,1-7H2. The van der Waals surface area contributed by atoms with E-state index >= 15 is 0 Å². The molecule has 0 saturated carbocycles. The Labute approximate surface area is 84.5 Å². The van der Waals surface area contributed by atoms with E-state index in [2.05, 4.69) is 5.32 Å². The van der Waals surface area contributed by atoms with Gasteiger partial charge in [0.1, 0.15) is 0 Å². The molecule has 0 spiro atoms. The lowest BCUT2D eigenvalue weighted by Gasteiger charge is -2.23. The first kappa shape index (κ1) is 9.71. The summed E-state index contributed by atoms with van der Waals surface area (Å²) in [7, 11) is 0. The minimum absolute atomic E-state index is 0.240. The van der Waals surface area contributed by atoms with Crippen LogP contribution in [0.3, 0.4) is 0 Å².